The van der Waals surface area contributed by atoms with Crippen molar-refractivity contribution in [3.05, 3.63) is 17.8 Å². The van der Waals surface area contributed by atoms with E-state index in [9.17, 15) is 14.7 Å². The van der Waals surface area contributed by atoms with E-state index in [1.165, 1.54) is 12.3 Å². The van der Waals surface area contributed by atoms with E-state index in [1.807, 2.05) is 0 Å². The highest BCUT2D eigenvalue weighted by atomic mass is 16.4. The molecule has 19 heavy (non-hydrogen) atoms. The van der Waals surface area contributed by atoms with Gasteiger partial charge in [-0.1, -0.05) is 0 Å². The maximum Gasteiger partial charge on any atom is 0.339 e. The normalized spacial score (nSPS) is 19.2. The van der Waals surface area contributed by atoms with Crippen LogP contribution in [0.1, 0.15) is 29.6 Å². The Morgan fingerprint density at radius 2 is 2.16 bits per heavy atom. The first-order valence-electron chi connectivity index (χ1n) is 6.05. The van der Waals surface area contributed by atoms with Gasteiger partial charge in [0.2, 0.25) is 5.91 Å². The standard InChI is InChI=1S/C12H16N4O3/c13-7-5-8(12(18)19)11(15-6-7)16-4-2-1-3-9(16)10(14)17/h5-6,9H,1-4,13H2,(H2,14,17)(H,18,19). The molecule has 0 saturated carbocycles. The van der Waals surface area contributed by atoms with Gasteiger partial charge in [-0.2, -0.15) is 0 Å². The maximum atomic E-state index is 11.5. The summed E-state index contributed by atoms with van der Waals surface area (Å²) in [5.74, 6) is -1.33. The zero-order valence-corrected chi connectivity index (χ0v) is 10.4. The molecule has 5 N–H and O–H groups in total. The minimum atomic E-state index is -1.12. The number of piperidine rings is 1. The summed E-state index contributed by atoms with van der Waals surface area (Å²) >= 11 is 0. The molecule has 1 saturated heterocycles. The summed E-state index contributed by atoms with van der Waals surface area (Å²) in [6.45, 7) is 0.560. The molecule has 1 aliphatic rings. The van der Waals surface area contributed by atoms with Crippen molar-refractivity contribution in [1.82, 2.24) is 4.98 Å². The Kier molecular flexibility index (Phi) is 3.55. The van der Waals surface area contributed by atoms with Crippen LogP contribution in [0.3, 0.4) is 0 Å². The van der Waals surface area contributed by atoms with Gasteiger partial charge in [-0.25, -0.2) is 9.78 Å². The highest BCUT2D eigenvalue weighted by molar-refractivity contribution is 5.95. The van der Waals surface area contributed by atoms with Crippen LogP contribution in [0.25, 0.3) is 0 Å². The van der Waals surface area contributed by atoms with E-state index in [0.29, 0.717) is 13.0 Å². The predicted molar refractivity (Wildman–Crippen MR) is 69.8 cm³/mol. The molecule has 1 aromatic rings. The lowest BCUT2D eigenvalue weighted by molar-refractivity contribution is -0.119. The van der Waals surface area contributed by atoms with E-state index in [2.05, 4.69) is 4.98 Å². The summed E-state index contributed by atoms with van der Waals surface area (Å²) in [6, 6.07) is 0.833. The Labute approximate surface area is 110 Å². The zero-order chi connectivity index (χ0) is 14.0. The first kappa shape index (κ1) is 13.1. The number of primary amides is 1. The Morgan fingerprint density at radius 3 is 2.79 bits per heavy atom. The molecule has 1 aliphatic heterocycles. The number of aromatic carboxylic acids is 1. The number of nitrogens with zero attached hydrogens (tertiary/aromatic N) is 2. The lowest BCUT2D eigenvalue weighted by atomic mass is 10.0. The molecule has 0 bridgehead atoms. The number of anilines is 2. The van der Waals surface area contributed by atoms with Crippen molar-refractivity contribution in [2.45, 2.75) is 25.3 Å². The Hall–Kier alpha value is -2.31. The lowest BCUT2D eigenvalue weighted by Crippen LogP contribution is -2.48. The third-order valence-corrected chi connectivity index (χ3v) is 3.22. The SMILES string of the molecule is NC(=O)C1CCCCN1c1ncc(N)cc1C(=O)O. The number of nitrogens with two attached hydrogens (primary N) is 2. The van der Waals surface area contributed by atoms with Crippen molar-refractivity contribution < 1.29 is 14.7 Å². The quantitative estimate of drug-likeness (QED) is 0.717. The molecule has 1 amide bonds. The molecule has 0 radical (unpaired) electrons. The van der Waals surface area contributed by atoms with Gasteiger partial charge in [0.05, 0.1) is 11.9 Å². The van der Waals surface area contributed by atoms with Crippen molar-refractivity contribution in [2.24, 2.45) is 5.73 Å². The molecule has 0 aliphatic carbocycles. The van der Waals surface area contributed by atoms with Crippen LogP contribution < -0.4 is 16.4 Å². The highest BCUT2D eigenvalue weighted by Crippen LogP contribution is 2.27. The van der Waals surface area contributed by atoms with Gasteiger partial charge in [0, 0.05) is 6.54 Å². The van der Waals surface area contributed by atoms with E-state index in [4.69, 9.17) is 11.5 Å². The highest BCUT2D eigenvalue weighted by Gasteiger charge is 2.30. The van der Waals surface area contributed by atoms with E-state index in [1.54, 1.807) is 4.90 Å². The number of carbonyl (C=O) groups excluding carboxylic acids is 1. The van der Waals surface area contributed by atoms with E-state index in [-0.39, 0.29) is 17.1 Å². The van der Waals surface area contributed by atoms with Gasteiger partial charge in [0.15, 0.2) is 0 Å². The van der Waals surface area contributed by atoms with Gasteiger partial charge >= 0.3 is 5.97 Å². The summed E-state index contributed by atoms with van der Waals surface area (Å²) in [6.07, 6.45) is 3.76. The number of nitrogen functional groups attached to an aromatic ring is 1. The van der Waals surface area contributed by atoms with Crippen LogP contribution in [0.4, 0.5) is 11.5 Å². The topological polar surface area (TPSA) is 123 Å². The van der Waals surface area contributed by atoms with Gasteiger partial charge in [-0.15, -0.1) is 0 Å². The third kappa shape index (κ3) is 2.59. The van der Waals surface area contributed by atoms with Gasteiger partial charge in [0.25, 0.3) is 0 Å². The predicted octanol–water partition coefficient (Wildman–Crippen LogP) is 0.206. The number of pyridine rings is 1. The first-order valence-corrected chi connectivity index (χ1v) is 6.05. The van der Waals surface area contributed by atoms with Crippen LogP contribution in [0.15, 0.2) is 12.3 Å². The average molecular weight is 264 g/mol. The number of carboxylic acid groups (broad SMARTS) is 1. The number of rotatable bonds is 3. The van der Waals surface area contributed by atoms with Crippen molar-refractivity contribution in [1.29, 1.82) is 0 Å². The molecule has 102 valence electrons. The second-order valence-corrected chi connectivity index (χ2v) is 4.55. The van der Waals surface area contributed by atoms with E-state index < -0.39 is 17.9 Å². The number of amides is 1. The smallest absolute Gasteiger partial charge is 0.339 e. The number of hydrogen-bond acceptors (Lipinski definition) is 5. The molecule has 1 fully saturated rings. The molecule has 7 nitrogen and oxygen atoms in total. The second-order valence-electron chi connectivity index (χ2n) is 4.55. The molecule has 7 heteroatoms. The summed E-state index contributed by atoms with van der Waals surface area (Å²) < 4.78 is 0. The molecule has 0 aromatic carbocycles. The van der Waals surface area contributed by atoms with Gasteiger partial charge < -0.3 is 21.5 Å². The van der Waals surface area contributed by atoms with Gasteiger partial charge in [0.1, 0.15) is 17.4 Å². The van der Waals surface area contributed by atoms with Crippen LogP contribution in [0, 0.1) is 0 Å². The molecule has 1 unspecified atom stereocenters. The Morgan fingerprint density at radius 1 is 1.42 bits per heavy atom. The fourth-order valence-corrected chi connectivity index (χ4v) is 2.34. The van der Waals surface area contributed by atoms with Crippen molar-refractivity contribution in [3.63, 3.8) is 0 Å². The van der Waals surface area contributed by atoms with Crippen LogP contribution in [0.2, 0.25) is 0 Å². The zero-order valence-electron chi connectivity index (χ0n) is 10.4. The number of hydrogen-bond donors (Lipinski definition) is 3. The van der Waals surface area contributed by atoms with Crippen LogP contribution in [-0.4, -0.2) is 34.6 Å². The molecule has 2 heterocycles. The van der Waals surface area contributed by atoms with Crippen molar-refractivity contribution >= 4 is 23.4 Å². The van der Waals surface area contributed by atoms with E-state index >= 15 is 0 Å². The minimum absolute atomic E-state index is 0.00634. The van der Waals surface area contributed by atoms with Crippen LogP contribution in [0.5, 0.6) is 0 Å². The number of aromatic nitrogens is 1. The average Bonchev–Trinajstić information content (AvgIpc) is 2.38. The molecular formula is C12H16N4O3. The first-order chi connectivity index (χ1) is 9.00. The van der Waals surface area contributed by atoms with E-state index in [0.717, 1.165) is 12.8 Å². The minimum Gasteiger partial charge on any atom is -0.478 e. The summed E-state index contributed by atoms with van der Waals surface area (Å²) in [5.41, 5.74) is 11.2. The van der Waals surface area contributed by atoms with Gasteiger partial charge in [-0.3, -0.25) is 4.79 Å². The molecular weight excluding hydrogens is 248 g/mol. The molecule has 1 aromatic heterocycles. The Bertz CT molecular complexity index is 518. The fraction of sp³-hybridized carbons (Fsp3) is 0.417. The van der Waals surface area contributed by atoms with Gasteiger partial charge in [-0.05, 0) is 25.3 Å². The molecule has 0 spiro atoms. The maximum absolute atomic E-state index is 11.5. The largest absolute Gasteiger partial charge is 0.478 e. The van der Waals surface area contributed by atoms with Crippen LogP contribution >= 0.6 is 0 Å². The number of carboxylic acids is 1. The molecule has 1 atom stereocenters. The monoisotopic (exact) mass is 264 g/mol. The summed E-state index contributed by atoms with van der Waals surface area (Å²) in [5, 5.41) is 9.21. The summed E-state index contributed by atoms with van der Waals surface area (Å²) in [7, 11) is 0. The third-order valence-electron chi connectivity index (χ3n) is 3.22. The molecule has 2 rings (SSSR count). The van der Waals surface area contributed by atoms with Crippen molar-refractivity contribution in [2.75, 3.05) is 17.2 Å². The number of carbonyl (C=O) groups is 2. The summed E-state index contributed by atoms with van der Waals surface area (Å²) in [4.78, 5) is 28.5. The lowest BCUT2D eigenvalue weighted by Gasteiger charge is -2.35. The second kappa shape index (κ2) is 5.13. The fourth-order valence-electron chi connectivity index (χ4n) is 2.34. The van der Waals surface area contributed by atoms with Crippen molar-refractivity contribution in [3.8, 4) is 0 Å². The van der Waals surface area contributed by atoms with Crippen LogP contribution in [-0.2, 0) is 4.79 Å². The Balaban J connectivity index is 2.44.